The van der Waals surface area contributed by atoms with E-state index in [2.05, 4.69) is 35.0 Å². The van der Waals surface area contributed by atoms with Crippen molar-refractivity contribution < 1.29 is 4.74 Å². The first-order chi connectivity index (χ1) is 6.70. The molecule has 0 amide bonds. The van der Waals surface area contributed by atoms with Crippen LogP contribution in [0.25, 0.3) is 0 Å². The maximum absolute atomic E-state index is 5.69. The normalized spacial score (nSPS) is 19.2. The molecule has 0 fully saturated rings. The lowest BCUT2D eigenvalue weighted by atomic mass is 10.1. The SMILES string of the molecule is CC1Cc2cc(CCN)cc(Br)c2O1. The van der Waals surface area contributed by atoms with Gasteiger partial charge in [-0.25, -0.2) is 0 Å². The molecule has 1 aliphatic heterocycles. The Morgan fingerprint density at radius 2 is 2.36 bits per heavy atom. The van der Waals surface area contributed by atoms with Gasteiger partial charge in [-0.1, -0.05) is 6.07 Å². The van der Waals surface area contributed by atoms with Crippen molar-refractivity contribution in [2.45, 2.75) is 25.9 Å². The molecule has 3 heteroatoms. The number of halogens is 1. The molecule has 1 heterocycles. The van der Waals surface area contributed by atoms with Crippen LogP contribution in [0, 0.1) is 0 Å². The van der Waals surface area contributed by atoms with Crippen LogP contribution in [0.1, 0.15) is 18.1 Å². The lowest BCUT2D eigenvalue weighted by Crippen LogP contribution is -2.05. The van der Waals surface area contributed by atoms with E-state index in [4.69, 9.17) is 10.5 Å². The standard InChI is InChI=1S/C11H14BrNO/c1-7-4-9-5-8(2-3-13)6-10(12)11(9)14-7/h5-7H,2-4,13H2,1H3. The molecule has 1 aromatic carbocycles. The molecular weight excluding hydrogens is 242 g/mol. The van der Waals surface area contributed by atoms with E-state index in [-0.39, 0.29) is 0 Å². The van der Waals surface area contributed by atoms with Crippen molar-refractivity contribution in [2.24, 2.45) is 5.73 Å². The fourth-order valence-electron chi connectivity index (χ4n) is 1.86. The molecule has 1 aliphatic rings. The molecule has 0 aliphatic carbocycles. The van der Waals surface area contributed by atoms with E-state index >= 15 is 0 Å². The quantitative estimate of drug-likeness (QED) is 0.881. The first-order valence-electron chi connectivity index (χ1n) is 4.88. The van der Waals surface area contributed by atoms with Crippen molar-refractivity contribution in [1.82, 2.24) is 0 Å². The Bertz CT molecular complexity index is 351. The van der Waals surface area contributed by atoms with Gasteiger partial charge in [0.2, 0.25) is 0 Å². The summed E-state index contributed by atoms with van der Waals surface area (Å²) in [6.45, 7) is 2.79. The molecule has 1 aromatic rings. The van der Waals surface area contributed by atoms with Crippen LogP contribution in [0.3, 0.4) is 0 Å². The Morgan fingerprint density at radius 3 is 3.07 bits per heavy atom. The molecule has 0 bridgehead atoms. The predicted molar refractivity (Wildman–Crippen MR) is 60.7 cm³/mol. The van der Waals surface area contributed by atoms with E-state index in [1.807, 2.05) is 0 Å². The Hall–Kier alpha value is -0.540. The molecule has 0 saturated heterocycles. The van der Waals surface area contributed by atoms with Crippen molar-refractivity contribution in [3.63, 3.8) is 0 Å². The molecular formula is C11H14BrNO. The molecule has 14 heavy (non-hydrogen) atoms. The highest BCUT2D eigenvalue weighted by atomic mass is 79.9. The summed E-state index contributed by atoms with van der Waals surface area (Å²) < 4.78 is 6.75. The van der Waals surface area contributed by atoms with Crippen LogP contribution in [0.2, 0.25) is 0 Å². The van der Waals surface area contributed by atoms with E-state index in [1.54, 1.807) is 0 Å². The molecule has 1 atom stereocenters. The summed E-state index contributed by atoms with van der Waals surface area (Å²) in [6.07, 6.45) is 2.24. The Morgan fingerprint density at radius 1 is 1.57 bits per heavy atom. The van der Waals surface area contributed by atoms with Gasteiger partial charge in [0.15, 0.2) is 0 Å². The zero-order valence-electron chi connectivity index (χ0n) is 8.22. The van der Waals surface area contributed by atoms with Crippen molar-refractivity contribution in [1.29, 1.82) is 0 Å². The largest absolute Gasteiger partial charge is 0.489 e. The Kier molecular flexibility index (Phi) is 2.79. The number of hydrogen-bond donors (Lipinski definition) is 1. The van der Waals surface area contributed by atoms with Gasteiger partial charge in [-0.2, -0.15) is 0 Å². The van der Waals surface area contributed by atoms with Crippen LogP contribution in [0.5, 0.6) is 5.75 Å². The first kappa shape index (κ1) is 9.99. The third-order valence-electron chi connectivity index (χ3n) is 2.44. The van der Waals surface area contributed by atoms with E-state index in [1.165, 1.54) is 11.1 Å². The van der Waals surface area contributed by atoms with Crippen LogP contribution in [-0.4, -0.2) is 12.6 Å². The minimum Gasteiger partial charge on any atom is -0.489 e. The number of rotatable bonds is 2. The zero-order chi connectivity index (χ0) is 10.1. The first-order valence-corrected chi connectivity index (χ1v) is 5.68. The maximum Gasteiger partial charge on any atom is 0.137 e. The summed E-state index contributed by atoms with van der Waals surface area (Å²) in [7, 11) is 0. The van der Waals surface area contributed by atoms with Crippen molar-refractivity contribution in [3.8, 4) is 5.75 Å². The van der Waals surface area contributed by atoms with Crippen molar-refractivity contribution in [3.05, 3.63) is 27.7 Å². The third-order valence-corrected chi connectivity index (χ3v) is 3.03. The van der Waals surface area contributed by atoms with E-state index in [0.717, 1.165) is 23.1 Å². The van der Waals surface area contributed by atoms with E-state index in [9.17, 15) is 0 Å². The van der Waals surface area contributed by atoms with Crippen LogP contribution in [0.4, 0.5) is 0 Å². The van der Waals surface area contributed by atoms with Gasteiger partial charge in [-0.05, 0) is 53.0 Å². The fraction of sp³-hybridized carbons (Fsp3) is 0.455. The van der Waals surface area contributed by atoms with Crippen LogP contribution >= 0.6 is 15.9 Å². The molecule has 2 rings (SSSR count). The minimum absolute atomic E-state index is 0.300. The Balaban J connectivity index is 2.36. The number of ether oxygens (including phenoxy) is 1. The second-order valence-electron chi connectivity index (χ2n) is 3.74. The van der Waals surface area contributed by atoms with Gasteiger partial charge in [-0.3, -0.25) is 0 Å². The van der Waals surface area contributed by atoms with Crippen molar-refractivity contribution >= 4 is 15.9 Å². The summed E-state index contributed by atoms with van der Waals surface area (Å²) in [5, 5.41) is 0. The van der Waals surface area contributed by atoms with Gasteiger partial charge in [0.1, 0.15) is 11.9 Å². The monoisotopic (exact) mass is 255 g/mol. The van der Waals surface area contributed by atoms with Gasteiger partial charge < -0.3 is 10.5 Å². The summed E-state index contributed by atoms with van der Waals surface area (Å²) in [5.74, 6) is 1.01. The summed E-state index contributed by atoms with van der Waals surface area (Å²) >= 11 is 3.53. The van der Waals surface area contributed by atoms with Crippen molar-refractivity contribution in [2.75, 3.05) is 6.54 Å². The lowest BCUT2D eigenvalue weighted by Gasteiger charge is -2.06. The highest BCUT2D eigenvalue weighted by Crippen LogP contribution is 2.37. The topological polar surface area (TPSA) is 35.2 Å². The maximum atomic E-state index is 5.69. The molecule has 2 N–H and O–H groups in total. The van der Waals surface area contributed by atoms with Gasteiger partial charge in [0.25, 0.3) is 0 Å². The van der Waals surface area contributed by atoms with Crippen LogP contribution in [-0.2, 0) is 12.8 Å². The van der Waals surface area contributed by atoms with E-state index in [0.29, 0.717) is 12.6 Å². The molecule has 76 valence electrons. The molecule has 0 saturated carbocycles. The second kappa shape index (κ2) is 3.91. The molecule has 0 radical (unpaired) electrons. The predicted octanol–water partition coefficient (Wildman–Crippen LogP) is 2.27. The average Bonchev–Trinajstić information content (AvgIpc) is 2.47. The van der Waals surface area contributed by atoms with Crippen LogP contribution in [0.15, 0.2) is 16.6 Å². The van der Waals surface area contributed by atoms with Gasteiger partial charge in [0.05, 0.1) is 4.47 Å². The number of hydrogen-bond acceptors (Lipinski definition) is 2. The summed E-state index contributed by atoms with van der Waals surface area (Å²) in [6, 6.07) is 4.31. The fourth-order valence-corrected chi connectivity index (χ4v) is 2.50. The summed E-state index contributed by atoms with van der Waals surface area (Å²) in [4.78, 5) is 0. The minimum atomic E-state index is 0.300. The highest BCUT2D eigenvalue weighted by Gasteiger charge is 2.21. The van der Waals surface area contributed by atoms with Gasteiger partial charge >= 0.3 is 0 Å². The molecule has 2 nitrogen and oxygen atoms in total. The molecule has 0 aromatic heterocycles. The van der Waals surface area contributed by atoms with E-state index < -0.39 is 0 Å². The highest BCUT2D eigenvalue weighted by molar-refractivity contribution is 9.10. The van der Waals surface area contributed by atoms with Gasteiger partial charge in [0, 0.05) is 6.42 Å². The smallest absolute Gasteiger partial charge is 0.137 e. The molecule has 0 spiro atoms. The third kappa shape index (κ3) is 1.79. The lowest BCUT2D eigenvalue weighted by molar-refractivity contribution is 0.253. The second-order valence-corrected chi connectivity index (χ2v) is 4.59. The Labute approximate surface area is 92.6 Å². The van der Waals surface area contributed by atoms with Gasteiger partial charge in [-0.15, -0.1) is 0 Å². The van der Waals surface area contributed by atoms with Crippen LogP contribution < -0.4 is 10.5 Å². The number of nitrogens with two attached hydrogens (primary N) is 1. The number of fused-ring (bicyclic) bond motifs is 1. The zero-order valence-corrected chi connectivity index (χ0v) is 9.80. The average molecular weight is 256 g/mol. The molecule has 1 unspecified atom stereocenters. The summed E-state index contributed by atoms with van der Waals surface area (Å²) in [5.41, 5.74) is 8.13. The number of benzene rings is 1.